The van der Waals surface area contributed by atoms with Gasteiger partial charge in [-0.2, -0.15) is 13.2 Å². The summed E-state index contributed by atoms with van der Waals surface area (Å²) < 4.78 is 42.0. The maximum atomic E-state index is 12.1. The number of hydrogen-bond acceptors (Lipinski definition) is 2. The van der Waals surface area contributed by atoms with Crippen molar-refractivity contribution in [1.82, 2.24) is 5.32 Å². The summed E-state index contributed by atoms with van der Waals surface area (Å²) >= 11 is 6.13. The molecule has 0 aliphatic heterocycles. The van der Waals surface area contributed by atoms with Crippen molar-refractivity contribution in [3.63, 3.8) is 0 Å². The zero-order valence-corrected chi connectivity index (χ0v) is 13.0. The Labute approximate surface area is 128 Å². The smallest absolute Gasteiger partial charge is 0.372 e. The van der Waals surface area contributed by atoms with E-state index in [9.17, 15) is 13.2 Å². The van der Waals surface area contributed by atoms with Crippen molar-refractivity contribution in [2.24, 2.45) is 0 Å². The highest BCUT2D eigenvalue weighted by Crippen LogP contribution is 2.26. The zero-order chi connectivity index (χ0) is 15.9. The van der Waals surface area contributed by atoms with E-state index in [1.54, 1.807) is 6.07 Å². The predicted molar refractivity (Wildman–Crippen MR) is 78.6 cm³/mol. The van der Waals surface area contributed by atoms with Crippen molar-refractivity contribution in [3.05, 3.63) is 34.9 Å². The molecule has 1 N–H and O–H groups in total. The van der Waals surface area contributed by atoms with Crippen molar-refractivity contribution in [1.29, 1.82) is 0 Å². The molecule has 1 unspecified atom stereocenters. The van der Waals surface area contributed by atoms with E-state index >= 15 is 0 Å². The summed E-state index contributed by atoms with van der Waals surface area (Å²) in [7, 11) is 0. The maximum Gasteiger partial charge on any atom is 0.389 e. The van der Waals surface area contributed by atoms with E-state index in [4.69, 9.17) is 16.3 Å². The number of hydrogen-bond donors (Lipinski definition) is 1. The number of benzene rings is 1. The van der Waals surface area contributed by atoms with Crippen LogP contribution < -0.4 is 5.32 Å². The minimum atomic E-state index is -4.14. The van der Waals surface area contributed by atoms with E-state index < -0.39 is 12.6 Å². The van der Waals surface area contributed by atoms with E-state index in [0.29, 0.717) is 11.6 Å². The van der Waals surface area contributed by atoms with Crippen molar-refractivity contribution in [2.75, 3.05) is 13.2 Å². The average molecular weight is 324 g/mol. The Kier molecular flexibility index (Phi) is 7.49. The monoisotopic (exact) mass is 323 g/mol. The highest BCUT2D eigenvalue weighted by molar-refractivity contribution is 6.31. The van der Waals surface area contributed by atoms with Crippen LogP contribution in [0.5, 0.6) is 0 Å². The lowest BCUT2D eigenvalue weighted by molar-refractivity contribution is -0.138. The van der Waals surface area contributed by atoms with Crippen molar-refractivity contribution >= 4 is 11.6 Å². The molecule has 0 heterocycles. The van der Waals surface area contributed by atoms with Crippen molar-refractivity contribution < 1.29 is 17.9 Å². The van der Waals surface area contributed by atoms with Gasteiger partial charge in [0.1, 0.15) is 0 Å². The Bertz CT molecular complexity index is 424. The summed E-state index contributed by atoms with van der Waals surface area (Å²) in [6.07, 6.45) is -5.37. The minimum Gasteiger partial charge on any atom is -0.372 e. The minimum absolute atomic E-state index is 0.0495. The maximum absolute atomic E-state index is 12.1. The van der Waals surface area contributed by atoms with Gasteiger partial charge in [0.2, 0.25) is 0 Å². The molecule has 1 rings (SSSR count). The van der Waals surface area contributed by atoms with E-state index in [-0.39, 0.29) is 25.2 Å². The van der Waals surface area contributed by atoms with E-state index in [1.165, 1.54) is 0 Å². The van der Waals surface area contributed by atoms with Crippen LogP contribution >= 0.6 is 11.6 Å². The van der Waals surface area contributed by atoms with Crippen molar-refractivity contribution in [2.45, 2.75) is 45.0 Å². The van der Waals surface area contributed by atoms with Crippen LogP contribution in [-0.2, 0) is 4.74 Å². The van der Waals surface area contributed by atoms with Gasteiger partial charge in [-0.25, -0.2) is 0 Å². The van der Waals surface area contributed by atoms with E-state index in [2.05, 4.69) is 5.32 Å². The standard InChI is InChI=1S/C15H21ClF3NO/c1-11(2)20-10-14(12-6-3-4-7-13(12)16)21-9-5-8-15(17,18)19/h3-4,6-7,11,14,20H,5,8-10H2,1-2H3. The van der Waals surface area contributed by atoms with Gasteiger partial charge < -0.3 is 10.1 Å². The fourth-order valence-corrected chi connectivity index (χ4v) is 2.09. The molecular weight excluding hydrogens is 303 g/mol. The fourth-order valence-electron chi connectivity index (χ4n) is 1.84. The molecule has 1 aromatic carbocycles. The Hall–Kier alpha value is -0.780. The molecule has 1 atom stereocenters. The number of nitrogens with one attached hydrogen (secondary N) is 1. The molecular formula is C15H21ClF3NO. The molecule has 0 spiro atoms. The van der Waals surface area contributed by atoms with Gasteiger partial charge in [-0.05, 0) is 12.5 Å². The van der Waals surface area contributed by atoms with Gasteiger partial charge in [0.15, 0.2) is 0 Å². The predicted octanol–water partition coefficient (Wildman–Crippen LogP) is 4.74. The van der Waals surface area contributed by atoms with Crippen LogP contribution in [0.25, 0.3) is 0 Å². The average Bonchev–Trinajstić information content (AvgIpc) is 2.37. The summed E-state index contributed by atoms with van der Waals surface area (Å²) in [6.45, 7) is 4.54. The Balaban J connectivity index is 2.59. The van der Waals surface area contributed by atoms with Crippen LogP contribution in [0.15, 0.2) is 24.3 Å². The van der Waals surface area contributed by atoms with Gasteiger partial charge in [-0.15, -0.1) is 0 Å². The SMILES string of the molecule is CC(C)NCC(OCCCC(F)(F)F)c1ccccc1Cl. The molecule has 0 aliphatic rings. The molecule has 2 nitrogen and oxygen atoms in total. The normalized spacial score (nSPS) is 13.7. The summed E-state index contributed by atoms with van der Waals surface area (Å²) in [6, 6.07) is 7.48. The van der Waals surface area contributed by atoms with Gasteiger partial charge in [0, 0.05) is 36.2 Å². The fraction of sp³-hybridized carbons (Fsp3) is 0.600. The second-order valence-electron chi connectivity index (χ2n) is 5.16. The van der Waals surface area contributed by atoms with Gasteiger partial charge in [-0.3, -0.25) is 0 Å². The lowest BCUT2D eigenvalue weighted by Crippen LogP contribution is -2.29. The van der Waals surface area contributed by atoms with Crippen LogP contribution in [0, 0.1) is 0 Å². The first-order chi connectivity index (χ1) is 9.79. The second-order valence-corrected chi connectivity index (χ2v) is 5.57. The molecule has 1 aromatic rings. The molecule has 6 heteroatoms. The molecule has 21 heavy (non-hydrogen) atoms. The summed E-state index contributed by atoms with van der Waals surface area (Å²) in [5.74, 6) is 0. The number of ether oxygens (including phenoxy) is 1. The Morgan fingerprint density at radius 1 is 1.24 bits per heavy atom. The zero-order valence-electron chi connectivity index (χ0n) is 12.2. The first-order valence-corrected chi connectivity index (χ1v) is 7.33. The molecule has 0 saturated carbocycles. The van der Waals surface area contributed by atoms with Gasteiger partial charge in [-0.1, -0.05) is 43.6 Å². The molecule has 0 amide bonds. The number of halogens is 4. The number of rotatable bonds is 8. The molecule has 0 aromatic heterocycles. The van der Waals surface area contributed by atoms with Crippen LogP contribution in [-0.4, -0.2) is 25.4 Å². The largest absolute Gasteiger partial charge is 0.389 e. The molecule has 0 bridgehead atoms. The quantitative estimate of drug-likeness (QED) is 0.698. The Morgan fingerprint density at radius 3 is 2.48 bits per heavy atom. The third-order valence-corrected chi connectivity index (χ3v) is 3.23. The first-order valence-electron chi connectivity index (χ1n) is 6.96. The van der Waals surface area contributed by atoms with Gasteiger partial charge in [0.25, 0.3) is 0 Å². The molecule has 120 valence electrons. The highest BCUT2D eigenvalue weighted by Gasteiger charge is 2.26. The molecule has 0 aliphatic carbocycles. The lowest BCUT2D eigenvalue weighted by Gasteiger charge is -2.21. The highest BCUT2D eigenvalue weighted by atomic mass is 35.5. The molecule has 0 radical (unpaired) electrons. The van der Waals surface area contributed by atoms with Crippen LogP contribution in [0.2, 0.25) is 5.02 Å². The second kappa shape index (κ2) is 8.61. The van der Waals surface area contributed by atoms with Crippen LogP contribution in [0.3, 0.4) is 0 Å². The summed E-state index contributed by atoms with van der Waals surface area (Å²) in [5.41, 5.74) is 0.791. The van der Waals surface area contributed by atoms with Gasteiger partial charge in [0.05, 0.1) is 6.10 Å². The van der Waals surface area contributed by atoms with E-state index in [1.807, 2.05) is 32.0 Å². The Morgan fingerprint density at radius 2 is 1.90 bits per heavy atom. The first kappa shape index (κ1) is 18.3. The van der Waals surface area contributed by atoms with Gasteiger partial charge >= 0.3 is 6.18 Å². The molecule has 0 fully saturated rings. The summed E-state index contributed by atoms with van der Waals surface area (Å²) in [4.78, 5) is 0. The topological polar surface area (TPSA) is 21.3 Å². The lowest BCUT2D eigenvalue weighted by atomic mass is 10.1. The summed E-state index contributed by atoms with van der Waals surface area (Å²) in [5, 5.41) is 3.78. The van der Waals surface area contributed by atoms with Crippen LogP contribution in [0.4, 0.5) is 13.2 Å². The third kappa shape index (κ3) is 7.69. The van der Waals surface area contributed by atoms with Crippen molar-refractivity contribution in [3.8, 4) is 0 Å². The van der Waals surface area contributed by atoms with Crippen LogP contribution in [0.1, 0.15) is 38.4 Å². The van der Waals surface area contributed by atoms with E-state index in [0.717, 1.165) is 5.56 Å². The number of alkyl halides is 3. The third-order valence-electron chi connectivity index (χ3n) is 2.89. The molecule has 0 saturated heterocycles.